The highest BCUT2D eigenvalue weighted by Crippen LogP contribution is 2.13. The van der Waals surface area contributed by atoms with E-state index in [1.807, 2.05) is 0 Å². The first kappa shape index (κ1) is 13.9. The minimum absolute atomic E-state index is 0.107. The number of piperidine rings is 1. The van der Waals surface area contributed by atoms with E-state index in [-0.39, 0.29) is 12.3 Å². The third-order valence-electron chi connectivity index (χ3n) is 3.42. The summed E-state index contributed by atoms with van der Waals surface area (Å²) in [6, 6.07) is 2.92. The van der Waals surface area contributed by atoms with Gasteiger partial charge in [0.05, 0.1) is 6.04 Å². The fraction of sp³-hybridized carbons (Fsp3) is 0.500. The number of benzene rings is 1. The molecule has 1 aliphatic rings. The lowest BCUT2D eigenvalue weighted by Gasteiger charge is -2.29. The quantitative estimate of drug-likeness (QED) is 0.909. The number of hydrogen-bond acceptors (Lipinski definition) is 2. The lowest BCUT2D eigenvalue weighted by Crippen LogP contribution is -2.46. The summed E-state index contributed by atoms with van der Waals surface area (Å²) in [7, 11) is 0. The van der Waals surface area contributed by atoms with E-state index in [2.05, 4.69) is 0 Å². The number of amides is 1. The van der Waals surface area contributed by atoms with Crippen LogP contribution in [0.4, 0.5) is 8.78 Å². The third kappa shape index (κ3) is 3.50. The molecule has 19 heavy (non-hydrogen) atoms. The number of likely N-dealkylation sites (tertiary alicyclic amines) is 1. The molecule has 2 N–H and O–H groups in total. The Morgan fingerprint density at radius 2 is 1.89 bits per heavy atom. The molecular formula is C14H18F2N2O. The summed E-state index contributed by atoms with van der Waals surface area (Å²) in [5.74, 6) is -1.90. The Kier molecular flexibility index (Phi) is 4.47. The Bertz CT molecular complexity index is 459. The number of rotatable bonds is 3. The molecule has 1 heterocycles. The van der Waals surface area contributed by atoms with Gasteiger partial charge in [0.1, 0.15) is 0 Å². The van der Waals surface area contributed by atoms with Gasteiger partial charge in [-0.1, -0.05) is 6.07 Å². The van der Waals surface area contributed by atoms with E-state index >= 15 is 0 Å². The summed E-state index contributed by atoms with van der Waals surface area (Å²) in [6.45, 7) is 1.48. The van der Waals surface area contributed by atoms with Crippen molar-refractivity contribution < 1.29 is 13.6 Å². The van der Waals surface area contributed by atoms with Gasteiger partial charge in [0.2, 0.25) is 5.91 Å². The highest BCUT2D eigenvalue weighted by molar-refractivity contribution is 5.82. The van der Waals surface area contributed by atoms with E-state index in [0.29, 0.717) is 5.56 Å². The van der Waals surface area contributed by atoms with Crippen LogP contribution in [0.1, 0.15) is 24.8 Å². The minimum Gasteiger partial charge on any atom is -0.341 e. The summed E-state index contributed by atoms with van der Waals surface area (Å²) in [4.78, 5) is 13.8. The normalized spacial score (nSPS) is 17.3. The minimum atomic E-state index is -0.907. The fourth-order valence-corrected chi connectivity index (χ4v) is 2.36. The van der Waals surface area contributed by atoms with E-state index in [1.54, 1.807) is 4.90 Å². The smallest absolute Gasteiger partial charge is 0.239 e. The molecule has 1 fully saturated rings. The molecule has 0 spiro atoms. The van der Waals surface area contributed by atoms with Crippen molar-refractivity contribution in [2.45, 2.75) is 31.7 Å². The molecule has 0 radical (unpaired) electrons. The molecule has 1 aromatic rings. The van der Waals surface area contributed by atoms with Crippen LogP contribution in [0, 0.1) is 11.6 Å². The van der Waals surface area contributed by atoms with E-state index in [0.717, 1.165) is 44.5 Å². The summed E-state index contributed by atoms with van der Waals surface area (Å²) in [5.41, 5.74) is 6.40. The lowest BCUT2D eigenvalue weighted by molar-refractivity contribution is -0.133. The Balaban J connectivity index is 1.97. The molecule has 1 saturated heterocycles. The zero-order valence-electron chi connectivity index (χ0n) is 10.7. The van der Waals surface area contributed by atoms with Crippen LogP contribution < -0.4 is 5.73 Å². The van der Waals surface area contributed by atoms with Crippen molar-refractivity contribution in [3.63, 3.8) is 0 Å². The standard InChI is InChI=1S/C14H18F2N2O/c15-11-5-4-10(8-12(11)16)9-13(17)14(19)18-6-2-1-3-7-18/h4-5,8,13H,1-3,6-7,9,17H2/t13-/m0/s1. The molecule has 0 bridgehead atoms. The number of nitrogens with zero attached hydrogens (tertiary/aromatic N) is 1. The molecule has 0 aromatic heterocycles. The van der Waals surface area contributed by atoms with Gasteiger partial charge in [-0.3, -0.25) is 4.79 Å². The average molecular weight is 268 g/mol. The van der Waals surface area contributed by atoms with Crippen LogP contribution in [-0.4, -0.2) is 29.9 Å². The van der Waals surface area contributed by atoms with E-state index < -0.39 is 17.7 Å². The largest absolute Gasteiger partial charge is 0.341 e. The SMILES string of the molecule is N[C@@H](Cc1ccc(F)c(F)c1)C(=O)N1CCCCC1. The molecule has 0 unspecified atom stereocenters. The van der Waals surface area contributed by atoms with E-state index in [1.165, 1.54) is 6.07 Å². The number of halogens is 2. The molecule has 5 heteroatoms. The van der Waals surface area contributed by atoms with E-state index in [4.69, 9.17) is 5.73 Å². The van der Waals surface area contributed by atoms with Crippen LogP contribution in [0.25, 0.3) is 0 Å². The van der Waals surface area contributed by atoms with Gasteiger partial charge in [-0.15, -0.1) is 0 Å². The third-order valence-corrected chi connectivity index (χ3v) is 3.42. The van der Waals surface area contributed by atoms with Crippen LogP contribution in [0.2, 0.25) is 0 Å². The maximum atomic E-state index is 13.1. The number of carbonyl (C=O) groups excluding carboxylic acids is 1. The topological polar surface area (TPSA) is 46.3 Å². The Morgan fingerprint density at radius 3 is 2.53 bits per heavy atom. The fourth-order valence-electron chi connectivity index (χ4n) is 2.36. The highest BCUT2D eigenvalue weighted by atomic mass is 19.2. The molecule has 1 aromatic carbocycles. The van der Waals surface area contributed by atoms with Crippen molar-refractivity contribution in [3.05, 3.63) is 35.4 Å². The lowest BCUT2D eigenvalue weighted by atomic mass is 10.0. The zero-order valence-corrected chi connectivity index (χ0v) is 10.7. The molecule has 0 aliphatic carbocycles. The van der Waals surface area contributed by atoms with Gasteiger partial charge >= 0.3 is 0 Å². The number of carbonyl (C=O) groups is 1. The number of nitrogens with two attached hydrogens (primary N) is 1. The van der Waals surface area contributed by atoms with Crippen molar-refractivity contribution in [1.82, 2.24) is 4.90 Å². The van der Waals surface area contributed by atoms with Gasteiger partial charge in [0.25, 0.3) is 0 Å². The second-order valence-electron chi connectivity index (χ2n) is 4.95. The first-order valence-corrected chi connectivity index (χ1v) is 6.56. The van der Waals surface area contributed by atoms with E-state index in [9.17, 15) is 13.6 Å². The highest BCUT2D eigenvalue weighted by Gasteiger charge is 2.22. The Labute approximate surface area is 111 Å². The van der Waals surface area contributed by atoms with Crippen LogP contribution in [0.3, 0.4) is 0 Å². The molecular weight excluding hydrogens is 250 g/mol. The molecule has 104 valence electrons. The second kappa shape index (κ2) is 6.10. The summed E-state index contributed by atoms with van der Waals surface area (Å²) in [6.07, 6.45) is 3.38. The number of hydrogen-bond donors (Lipinski definition) is 1. The molecule has 0 saturated carbocycles. The summed E-state index contributed by atoms with van der Waals surface area (Å²) in [5, 5.41) is 0. The van der Waals surface area contributed by atoms with Crippen LogP contribution in [-0.2, 0) is 11.2 Å². The second-order valence-corrected chi connectivity index (χ2v) is 4.95. The van der Waals surface area contributed by atoms with Crippen molar-refractivity contribution in [2.24, 2.45) is 5.73 Å². The first-order valence-electron chi connectivity index (χ1n) is 6.56. The van der Waals surface area contributed by atoms with Gasteiger partial charge in [-0.2, -0.15) is 0 Å². The van der Waals surface area contributed by atoms with Gasteiger partial charge in [-0.25, -0.2) is 8.78 Å². The monoisotopic (exact) mass is 268 g/mol. The van der Waals surface area contributed by atoms with Gasteiger partial charge in [0.15, 0.2) is 11.6 Å². The van der Waals surface area contributed by atoms with Crippen molar-refractivity contribution in [1.29, 1.82) is 0 Å². The summed E-state index contributed by atoms with van der Waals surface area (Å²) < 4.78 is 25.9. The van der Waals surface area contributed by atoms with Gasteiger partial charge in [-0.05, 0) is 43.4 Å². The van der Waals surface area contributed by atoms with Gasteiger partial charge < -0.3 is 10.6 Å². The van der Waals surface area contributed by atoms with Crippen molar-refractivity contribution >= 4 is 5.91 Å². The molecule has 1 atom stereocenters. The molecule has 2 rings (SSSR count). The Morgan fingerprint density at radius 1 is 1.21 bits per heavy atom. The van der Waals surface area contributed by atoms with Crippen molar-refractivity contribution in [3.8, 4) is 0 Å². The molecule has 3 nitrogen and oxygen atoms in total. The molecule has 1 amide bonds. The van der Waals surface area contributed by atoms with Crippen molar-refractivity contribution in [2.75, 3.05) is 13.1 Å². The summed E-state index contributed by atoms with van der Waals surface area (Å²) >= 11 is 0. The predicted molar refractivity (Wildman–Crippen MR) is 68.5 cm³/mol. The predicted octanol–water partition coefficient (Wildman–Crippen LogP) is 1.85. The Hall–Kier alpha value is -1.49. The van der Waals surface area contributed by atoms with Crippen LogP contribution in [0.15, 0.2) is 18.2 Å². The zero-order chi connectivity index (χ0) is 13.8. The van der Waals surface area contributed by atoms with Gasteiger partial charge in [0, 0.05) is 13.1 Å². The maximum absolute atomic E-state index is 13.1. The maximum Gasteiger partial charge on any atom is 0.239 e. The molecule has 1 aliphatic heterocycles. The van der Waals surface area contributed by atoms with Crippen LogP contribution >= 0.6 is 0 Å². The average Bonchev–Trinajstić information content (AvgIpc) is 2.43. The van der Waals surface area contributed by atoms with Crippen LogP contribution in [0.5, 0.6) is 0 Å². The first-order chi connectivity index (χ1) is 9.08.